The molecule has 120 valence electrons. The second kappa shape index (κ2) is 6.64. The number of nitrogens with two attached hydrogens (primary N) is 1. The Kier molecular flexibility index (Phi) is 4.39. The summed E-state index contributed by atoms with van der Waals surface area (Å²) < 4.78 is 0. The van der Waals surface area contributed by atoms with Crippen LogP contribution >= 0.6 is 0 Å². The van der Waals surface area contributed by atoms with E-state index in [9.17, 15) is 5.26 Å². The second-order valence-electron chi connectivity index (χ2n) is 6.46. The van der Waals surface area contributed by atoms with Gasteiger partial charge in [0, 0.05) is 11.1 Å². The van der Waals surface area contributed by atoms with Crippen molar-refractivity contribution >= 4 is 27.8 Å². The van der Waals surface area contributed by atoms with Crippen LogP contribution in [0.1, 0.15) is 25.0 Å². The van der Waals surface area contributed by atoms with Gasteiger partial charge in [0.2, 0.25) is 0 Å². The molecule has 0 spiro atoms. The van der Waals surface area contributed by atoms with Crippen LogP contribution in [0.5, 0.6) is 0 Å². The third-order valence-corrected chi connectivity index (χ3v) is 4.08. The Bertz CT molecular complexity index is 920. The lowest BCUT2D eigenvalue weighted by Gasteiger charge is -2.17. The average molecular weight is 315 g/mol. The van der Waals surface area contributed by atoms with Gasteiger partial charge in [-0.25, -0.2) is 0 Å². The minimum absolute atomic E-state index is 0.504. The standard InChI is InChI=1S/C21H21N3/c1-14(2)11-17-12-15(13-22)7-10-20(17)24-21-18-6-4-3-5-16(18)8-9-19(21)23/h3-10,12,14,24H,11,23H2,1-2H3. The highest BCUT2D eigenvalue weighted by molar-refractivity contribution is 6.01. The molecule has 0 amide bonds. The molecule has 24 heavy (non-hydrogen) atoms. The van der Waals surface area contributed by atoms with Gasteiger partial charge in [0.05, 0.1) is 23.0 Å². The van der Waals surface area contributed by atoms with Gasteiger partial charge < -0.3 is 11.1 Å². The average Bonchev–Trinajstić information content (AvgIpc) is 2.58. The lowest BCUT2D eigenvalue weighted by molar-refractivity contribution is 0.648. The smallest absolute Gasteiger partial charge is 0.0991 e. The van der Waals surface area contributed by atoms with Crippen molar-refractivity contribution in [2.24, 2.45) is 5.92 Å². The summed E-state index contributed by atoms with van der Waals surface area (Å²) in [5.41, 5.74) is 10.7. The van der Waals surface area contributed by atoms with Crippen molar-refractivity contribution < 1.29 is 0 Å². The van der Waals surface area contributed by atoms with Crippen LogP contribution in [0.3, 0.4) is 0 Å². The van der Waals surface area contributed by atoms with Crippen molar-refractivity contribution in [2.75, 3.05) is 11.1 Å². The van der Waals surface area contributed by atoms with Crippen molar-refractivity contribution in [3.8, 4) is 6.07 Å². The van der Waals surface area contributed by atoms with E-state index in [-0.39, 0.29) is 0 Å². The number of benzene rings is 3. The van der Waals surface area contributed by atoms with Crippen molar-refractivity contribution in [3.05, 3.63) is 65.7 Å². The maximum Gasteiger partial charge on any atom is 0.0991 e. The summed E-state index contributed by atoms with van der Waals surface area (Å²) in [4.78, 5) is 0. The Hall–Kier alpha value is -2.99. The summed E-state index contributed by atoms with van der Waals surface area (Å²) in [5.74, 6) is 0.504. The monoisotopic (exact) mass is 315 g/mol. The van der Waals surface area contributed by atoms with E-state index in [1.165, 1.54) is 0 Å². The Balaban J connectivity index is 2.09. The number of nitrogen functional groups attached to an aromatic ring is 1. The zero-order valence-electron chi connectivity index (χ0n) is 14.0. The molecule has 0 fully saturated rings. The van der Waals surface area contributed by atoms with Crippen LogP contribution in [-0.4, -0.2) is 0 Å². The number of anilines is 3. The maximum absolute atomic E-state index is 9.17. The first-order valence-corrected chi connectivity index (χ1v) is 8.15. The molecular weight excluding hydrogens is 294 g/mol. The molecule has 3 rings (SSSR count). The van der Waals surface area contributed by atoms with Crippen molar-refractivity contribution in [3.63, 3.8) is 0 Å². The third-order valence-electron chi connectivity index (χ3n) is 4.08. The lowest BCUT2D eigenvalue weighted by atomic mass is 9.98. The fourth-order valence-corrected chi connectivity index (χ4v) is 2.96. The van der Waals surface area contributed by atoms with Gasteiger partial charge in [-0.3, -0.25) is 0 Å². The molecule has 0 atom stereocenters. The largest absolute Gasteiger partial charge is 0.397 e. The number of hydrogen-bond acceptors (Lipinski definition) is 3. The highest BCUT2D eigenvalue weighted by atomic mass is 14.9. The van der Waals surface area contributed by atoms with Gasteiger partial charge in [0.15, 0.2) is 0 Å². The maximum atomic E-state index is 9.17. The number of fused-ring (bicyclic) bond motifs is 1. The Morgan fingerprint density at radius 3 is 2.62 bits per heavy atom. The van der Waals surface area contributed by atoms with E-state index in [0.717, 1.165) is 34.1 Å². The number of nitrogens with one attached hydrogen (secondary N) is 1. The zero-order chi connectivity index (χ0) is 17.1. The summed E-state index contributed by atoms with van der Waals surface area (Å²) in [6.45, 7) is 4.35. The first kappa shape index (κ1) is 15.9. The summed E-state index contributed by atoms with van der Waals surface area (Å²) in [6.07, 6.45) is 0.905. The van der Waals surface area contributed by atoms with Gasteiger partial charge in [0.25, 0.3) is 0 Å². The fourth-order valence-electron chi connectivity index (χ4n) is 2.96. The van der Waals surface area contributed by atoms with Crippen LogP contribution < -0.4 is 11.1 Å². The van der Waals surface area contributed by atoms with Crippen molar-refractivity contribution in [2.45, 2.75) is 20.3 Å². The predicted molar refractivity (Wildman–Crippen MR) is 101 cm³/mol. The molecule has 0 radical (unpaired) electrons. The van der Waals surface area contributed by atoms with Crippen LogP contribution in [0, 0.1) is 17.2 Å². The quantitative estimate of drug-likeness (QED) is 0.647. The van der Waals surface area contributed by atoms with Crippen LogP contribution in [0.25, 0.3) is 10.8 Å². The van der Waals surface area contributed by atoms with E-state index >= 15 is 0 Å². The van der Waals surface area contributed by atoms with E-state index < -0.39 is 0 Å². The van der Waals surface area contributed by atoms with Gasteiger partial charge in [-0.05, 0) is 47.6 Å². The SMILES string of the molecule is CC(C)Cc1cc(C#N)ccc1Nc1c(N)ccc2ccccc12. The number of nitriles is 1. The highest BCUT2D eigenvalue weighted by Gasteiger charge is 2.10. The zero-order valence-corrected chi connectivity index (χ0v) is 14.0. The van der Waals surface area contributed by atoms with Crippen LogP contribution in [0.2, 0.25) is 0 Å². The van der Waals surface area contributed by atoms with E-state index in [4.69, 9.17) is 5.73 Å². The molecule has 0 aliphatic heterocycles. The van der Waals surface area contributed by atoms with E-state index in [1.54, 1.807) is 0 Å². The molecule has 0 unspecified atom stereocenters. The molecule has 3 aromatic rings. The first-order valence-electron chi connectivity index (χ1n) is 8.15. The molecule has 3 aromatic carbocycles. The van der Waals surface area contributed by atoms with Crippen LogP contribution in [0.4, 0.5) is 17.1 Å². The van der Waals surface area contributed by atoms with Gasteiger partial charge in [-0.2, -0.15) is 5.26 Å². The Labute approximate surface area is 142 Å². The molecule has 0 aliphatic carbocycles. The predicted octanol–water partition coefficient (Wildman–Crippen LogP) is 5.24. The number of hydrogen-bond donors (Lipinski definition) is 2. The van der Waals surface area contributed by atoms with Crippen LogP contribution in [0.15, 0.2) is 54.6 Å². The normalized spacial score (nSPS) is 10.8. The first-order chi connectivity index (χ1) is 11.6. The molecule has 0 bridgehead atoms. The van der Waals surface area contributed by atoms with Gasteiger partial charge in [-0.15, -0.1) is 0 Å². The molecule has 0 saturated carbocycles. The van der Waals surface area contributed by atoms with Gasteiger partial charge in [-0.1, -0.05) is 44.2 Å². The fraction of sp³-hybridized carbons (Fsp3) is 0.190. The van der Waals surface area contributed by atoms with Gasteiger partial charge in [0.1, 0.15) is 0 Å². The summed E-state index contributed by atoms with van der Waals surface area (Å²) in [7, 11) is 0. The molecule has 3 nitrogen and oxygen atoms in total. The Morgan fingerprint density at radius 2 is 1.88 bits per heavy atom. The summed E-state index contributed by atoms with van der Waals surface area (Å²) in [6, 6.07) is 20.1. The molecule has 0 aliphatic rings. The third kappa shape index (κ3) is 3.18. The van der Waals surface area contributed by atoms with Crippen molar-refractivity contribution in [1.29, 1.82) is 5.26 Å². The topological polar surface area (TPSA) is 61.8 Å². The van der Waals surface area contributed by atoms with Crippen LogP contribution in [-0.2, 0) is 6.42 Å². The van der Waals surface area contributed by atoms with E-state index in [2.05, 4.69) is 37.4 Å². The minimum atomic E-state index is 0.504. The molecule has 0 saturated heterocycles. The number of nitrogens with zero attached hydrogens (tertiary/aromatic N) is 1. The molecule has 0 aromatic heterocycles. The van der Waals surface area contributed by atoms with Crippen molar-refractivity contribution in [1.82, 2.24) is 0 Å². The van der Waals surface area contributed by atoms with Gasteiger partial charge >= 0.3 is 0 Å². The number of rotatable bonds is 4. The summed E-state index contributed by atoms with van der Waals surface area (Å²) in [5, 5.41) is 14.9. The Morgan fingerprint density at radius 1 is 1.08 bits per heavy atom. The highest BCUT2D eigenvalue weighted by Crippen LogP contribution is 2.33. The second-order valence-corrected chi connectivity index (χ2v) is 6.46. The molecular formula is C21H21N3. The molecule has 0 heterocycles. The van der Waals surface area contributed by atoms with E-state index in [0.29, 0.717) is 17.2 Å². The molecule has 3 N–H and O–H groups in total. The molecule has 3 heteroatoms. The minimum Gasteiger partial charge on any atom is -0.397 e. The summed E-state index contributed by atoms with van der Waals surface area (Å²) >= 11 is 0. The lowest BCUT2D eigenvalue weighted by Crippen LogP contribution is -2.03. The van der Waals surface area contributed by atoms with E-state index in [1.807, 2.05) is 42.5 Å².